The Morgan fingerprint density at radius 2 is 1.52 bits per heavy atom. The predicted molar refractivity (Wildman–Crippen MR) is 92.4 cm³/mol. The van der Waals surface area contributed by atoms with Crippen LogP contribution >= 0.6 is 0 Å². The normalized spacial score (nSPS) is 22.3. The molecule has 3 rings (SSSR count). The zero-order valence-electron chi connectivity index (χ0n) is 13.0. The van der Waals surface area contributed by atoms with Gasteiger partial charge in [-0.3, -0.25) is 0 Å². The second-order valence-electron chi connectivity index (χ2n) is 5.88. The van der Waals surface area contributed by atoms with Gasteiger partial charge in [-0.1, -0.05) is 0 Å². The first-order chi connectivity index (χ1) is 11.3. The molecule has 0 radical (unpaired) electrons. The average Bonchev–Trinajstić information content (AvgIpc) is 2.63. The number of carbonyl (C=O) groups is 1. The van der Waals surface area contributed by atoms with Crippen molar-refractivity contribution in [3.63, 3.8) is 0 Å². The molecular weight excluding hydrogens is 353 g/mol. The van der Waals surface area contributed by atoms with Gasteiger partial charge in [-0.2, -0.15) is 0 Å². The Labute approximate surface area is 141 Å². The first kappa shape index (κ1) is 16.1. The van der Waals surface area contributed by atoms with Gasteiger partial charge in [-0.05, 0) is 0 Å². The summed E-state index contributed by atoms with van der Waals surface area (Å²) in [6.45, 7) is 0. The molecule has 4 heteroatoms. The summed E-state index contributed by atoms with van der Waals surface area (Å²) in [7, 11) is 0. The van der Waals surface area contributed by atoms with Crippen molar-refractivity contribution in [2.75, 3.05) is 0 Å². The fraction of sp³-hybridized carbons (Fsp3) is 0.316. The van der Waals surface area contributed by atoms with Gasteiger partial charge in [-0.25, -0.2) is 0 Å². The number of rotatable bonds is 4. The molecular formula is C19H21NO2Se. The molecule has 2 aromatic carbocycles. The molecule has 3 atom stereocenters. The van der Waals surface area contributed by atoms with Crippen LogP contribution in [0.5, 0.6) is 0 Å². The molecule has 0 aromatic heterocycles. The molecule has 1 aliphatic carbocycles. The van der Waals surface area contributed by atoms with Crippen molar-refractivity contribution in [1.29, 1.82) is 0 Å². The van der Waals surface area contributed by atoms with E-state index in [1.165, 1.54) is 0 Å². The standard InChI is InChI=1S/C19H21NO2Se/c21-19(15-9-3-1-4-10-15)20-17-13-7-8-14-18(17)23(22)16-11-5-2-6-12-16/h1-6,9-12,17-18H,7-8,13-14H2,(H,20,21). The Morgan fingerprint density at radius 1 is 0.913 bits per heavy atom. The summed E-state index contributed by atoms with van der Waals surface area (Å²) in [5, 5.41) is 3.13. The average molecular weight is 374 g/mol. The molecule has 0 bridgehead atoms. The molecule has 1 saturated carbocycles. The number of amides is 1. The molecule has 3 unspecified atom stereocenters. The maximum atomic E-state index is 13.0. The van der Waals surface area contributed by atoms with Crippen LogP contribution in [0.4, 0.5) is 0 Å². The predicted octanol–water partition coefficient (Wildman–Crippen LogP) is 3.06. The number of nitrogens with one attached hydrogen (secondary N) is 1. The van der Waals surface area contributed by atoms with Crippen LogP contribution in [0.2, 0.25) is 4.82 Å². The molecule has 0 spiro atoms. The second-order valence-corrected chi connectivity index (χ2v) is 9.39. The van der Waals surface area contributed by atoms with Gasteiger partial charge in [0.15, 0.2) is 0 Å². The van der Waals surface area contributed by atoms with Gasteiger partial charge in [0, 0.05) is 0 Å². The van der Waals surface area contributed by atoms with Gasteiger partial charge in [-0.15, -0.1) is 0 Å². The van der Waals surface area contributed by atoms with Crippen molar-refractivity contribution >= 4 is 24.2 Å². The molecule has 1 aliphatic rings. The quantitative estimate of drug-likeness (QED) is 0.837. The molecule has 1 fully saturated rings. The van der Waals surface area contributed by atoms with Crippen LogP contribution in [-0.2, 0) is 3.83 Å². The third-order valence-electron chi connectivity index (χ3n) is 4.31. The van der Waals surface area contributed by atoms with E-state index in [0.717, 1.165) is 30.1 Å². The number of hydrogen-bond acceptors (Lipinski definition) is 2. The number of carbonyl (C=O) groups excluding carboxylic acids is 1. The first-order valence-corrected chi connectivity index (χ1v) is 10.6. The van der Waals surface area contributed by atoms with Gasteiger partial charge < -0.3 is 0 Å². The molecule has 0 saturated heterocycles. The Bertz CT molecular complexity index is 672. The third-order valence-corrected chi connectivity index (χ3v) is 8.19. The maximum absolute atomic E-state index is 13.0. The van der Waals surface area contributed by atoms with E-state index in [2.05, 4.69) is 5.32 Å². The zero-order chi connectivity index (χ0) is 16.1. The summed E-state index contributed by atoms with van der Waals surface area (Å²) in [5.74, 6) is -0.0608. The fourth-order valence-corrected chi connectivity index (χ4v) is 6.57. The summed E-state index contributed by atoms with van der Waals surface area (Å²) in [5.41, 5.74) is 0.666. The van der Waals surface area contributed by atoms with E-state index in [-0.39, 0.29) is 16.8 Å². The SMILES string of the molecule is O=C(NC1CCCCC1[Se](=O)c1ccccc1)c1ccccc1. The van der Waals surface area contributed by atoms with Crippen molar-refractivity contribution in [3.05, 3.63) is 66.2 Å². The summed E-state index contributed by atoms with van der Waals surface area (Å²) in [6.07, 6.45) is 4.03. The molecule has 3 nitrogen and oxygen atoms in total. The molecule has 0 heterocycles. The minimum atomic E-state index is -2.16. The van der Waals surface area contributed by atoms with Crippen molar-refractivity contribution in [2.24, 2.45) is 0 Å². The van der Waals surface area contributed by atoms with Gasteiger partial charge in [0.1, 0.15) is 0 Å². The van der Waals surface area contributed by atoms with Crippen molar-refractivity contribution in [1.82, 2.24) is 5.32 Å². The first-order valence-electron chi connectivity index (χ1n) is 8.07. The van der Waals surface area contributed by atoms with Crippen LogP contribution < -0.4 is 9.78 Å². The van der Waals surface area contributed by atoms with E-state index in [4.69, 9.17) is 0 Å². The topological polar surface area (TPSA) is 46.2 Å². The summed E-state index contributed by atoms with van der Waals surface area (Å²) in [6, 6.07) is 19.0. The summed E-state index contributed by atoms with van der Waals surface area (Å²) < 4.78 is 13.9. The van der Waals surface area contributed by atoms with Gasteiger partial charge in [0.2, 0.25) is 0 Å². The minimum absolute atomic E-state index is 0.0131. The van der Waals surface area contributed by atoms with Crippen LogP contribution in [0.3, 0.4) is 0 Å². The fourth-order valence-electron chi connectivity index (χ4n) is 3.09. The monoisotopic (exact) mass is 375 g/mol. The third kappa shape index (κ3) is 3.95. The van der Waals surface area contributed by atoms with E-state index < -0.39 is 13.8 Å². The molecule has 1 N–H and O–H groups in total. The Hall–Kier alpha value is -1.77. The number of benzene rings is 2. The van der Waals surface area contributed by atoms with E-state index >= 15 is 0 Å². The van der Waals surface area contributed by atoms with Crippen molar-refractivity contribution in [3.8, 4) is 0 Å². The van der Waals surface area contributed by atoms with Crippen LogP contribution in [-0.4, -0.2) is 25.8 Å². The van der Waals surface area contributed by atoms with E-state index in [1.54, 1.807) is 0 Å². The van der Waals surface area contributed by atoms with Crippen LogP contribution in [0, 0.1) is 0 Å². The van der Waals surface area contributed by atoms with E-state index in [1.807, 2.05) is 60.7 Å². The van der Waals surface area contributed by atoms with Gasteiger partial charge in [0.05, 0.1) is 0 Å². The van der Waals surface area contributed by atoms with Crippen LogP contribution in [0.1, 0.15) is 36.0 Å². The Morgan fingerprint density at radius 3 is 2.22 bits per heavy atom. The Kier molecular flexibility index (Phi) is 5.37. The molecule has 120 valence electrons. The zero-order valence-corrected chi connectivity index (χ0v) is 14.7. The van der Waals surface area contributed by atoms with Crippen molar-refractivity contribution in [2.45, 2.75) is 36.5 Å². The van der Waals surface area contributed by atoms with Gasteiger partial charge in [0.25, 0.3) is 0 Å². The Balaban J connectivity index is 1.74. The molecule has 1 amide bonds. The summed E-state index contributed by atoms with van der Waals surface area (Å²) >= 11 is -2.16. The van der Waals surface area contributed by atoms with Crippen LogP contribution in [0.15, 0.2) is 60.7 Å². The van der Waals surface area contributed by atoms with Gasteiger partial charge >= 0.3 is 141 Å². The van der Waals surface area contributed by atoms with E-state index in [0.29, 0.717) is 5.56 Å². The van der Waals surface area contributed by atoms with Crippen molar-refractivity contribution < 1.29 is 8.63 Å². The van der Waals surface area contributed by atoms with E-state index in [9.17, 15) is 8.63 Å². The molecule has 0 aliphatic heterocycles. The summed E-state index contributed by atoms with van der Waals surface area (Å²) in [4.78, 5) is 12.5. The molecule has 23 heavy (non-hydrogen) atoms. The van der Waals surface area contributed by atoms with Crippen LogP contribution in [0.25, 0.3) is 0 Å². The number of hydrogen-bond donors (Lipinski definition) is 1. The molecule has 2 aromatic rings. The second kappa shape index (κ2) is 7.67.